The Hall–Kier alpha value is -3.51. The van der Waals surface area contributed by atoms with Gasteiger partial charge in [0.15, 0.2) is 0 Å². The third kappa shape index (κ3) is 5.49. The molecule has 0 amide bonds. The molecule has 0 fully saturated rings. The first-order chi connectivity index (χ1) is 13.2. The summed E-state index contributed by atoms with van der Waals surface area (Å²) in [5.41, 5.74) is 3.65. The van der Waals surface area contributed by atoms with Gasteiger partial charge in [-0.1, -0.05) is 60.2 Å². The Morgan fingerprint density at radius 1 is 0.852 bits per heavy atom. The van der Waals surface area contributed by atoms with Crippen molar-refractivity contribution in [3.8, 4) is 17.6 Å². The number of hydrogen-bond acceptors (Lipinski definition) is 3. The van der Waals surface area contributed by atoms with E-state index in [2.05, 4.69) is 6.07 Å². The number of benzene rings is 3. The molecular formula is C24H21NO2. The smallest absolute Gasteiger partial charge is 0.122 e. The fourth-order valence-electron chi connectivity index (χ4n) is 2.61. The van der Waals surface area contributed by atoms with Crippen LogP contribution < -0.4 is 9.47 Å². The van der Waals surface area contributed by atoms with Crippen molar-refractivity contribution in [1.82, 2.24) is 0 Å². The van der Waals surface area contributed by atoms with Crippen LogP contribution in [0.25, 0.3) is 11.6 Å². The first kappa shape index (κ1) is 18.3. The fraction of sp³-hybridized carbons (Fsp3) is 0.125. The molecule has 0 heterocycles. The van der Waals surface area contributed by atoms with Crippen molar-refractivity contribution >= 4 is 11.6 Å². The summed E-state index contributed by atoms with van der Waals surface area (Å²) in [7, 11) is 0. The number of nitriles is 1. The van der Waals surface area contributed by atoms with E-state index >= 15 is 0 Å². The van der Waals surface area contributed by atoms with E-state index in [0.29, 0.717) is 18.8 Å². The number of ether oxygens (including phenoxy) is 2. The molecule has 0 aliphatic rings. The van der Waals surface area contributed by atoms with Crippen LogP contribution in [-0.4, -0.2) is 13.2 Å². The summed E-state index contributed by atoms with van der Waals surface area (Å²) in [6.45, 7) is 2.96. The molecule has 0 unspecified atom stereocenters. The van der Waals surface area contributed by atoms with E-state index in [4.69, 9.17) is 9.47 Å². The van der Waals surface area contributed by atoms with E-state index in [0.717, 1.165) is 22.6 Å². The summed E-state index contributed by atoms with van der Waals surface area (Å²) >= 11 is 0. The second-order valence-corrected chi connectivity index (χ2v) is 6.12. The normalized spacial score (nSPS) is 10.9. The van der Waals surface area contributed by atoms with Crippen LogP contribution in [0.2, 0.25) is 0 Å². The highest BCUT2D eigenvalue weighted by atomic mass is 16.5. The average molecular weight is 355 g/mol. The van der Waals surface area contributed by atoms with Crippen LogP contribution in [0.15, 0.2) is 78.9 Å². The van der Waals surface area contributed by atoms with Crippen molar-refractivity contribution in [3.05, 3.63) is 95.6 Å². The van der Waals surface area contributed by atoms with E-state index in [1.807, 2.05) is 91.9 Å². The Morgan fingerprint density at radius 2 is 1.56 bits per heavy atom. The molecule has 0 aliphatic carbocycles. The van der Waals surface area contributed by atoms with Gasteiger partial charge >= 0.3 is 0 Å². The summed E-state index contributed by atoms with van der Waals surface area (Å²) in [5.74, 6) is 1.59. The first-order valence-electron chi connectivity index (χ1n) is 8.84. The molecule has 134 valence electrons. The average Bonchev–Trinajstić information content (AvgIpc) is 2.72. The van der Waals surface area contributed by atoms with Crippen molar-refractivity contribution in [2.75, 3.05) is 13.2 Å². The maximum Gasteiger partial charge on any atom is 0.122 e. The molecule has 3 rings (SSSR count). The third-order valence-corrected chi connectivity index (χ3v) is 4.02. The van der Waals surface area contributed by atoms with Crippen LogP contribution >= 0.6 is 0 Å². The van der Waals surface area contributed by atoms with Gasteiger partial charge in [-0.2, -0.15) is 5.26 Å². The lowest BCUT2D eigenvalue weighted by Crippen LogP contribution is -2.08. The summed E-state index contributed by atoms with van der Waals surface area (Å²) in [5, 5.41) is 9.44. The number of allylic oxidation sites excluding steroid dienone is 1. The zero-order chi connectivity index (χ0) is 18.9. The Morgan fingerprint density at radius 3 is 2.26 bits per heavy atom. The summed E-state index contributed by atoms with van der Waals surface area (Å²) in [6, 6.07) is 27.5. The Bertz CT molecular complexity index is 938. The number of hydrogen-bond donors (Lipinski definition) is 0. The minimum atomic E-state index is 0.449. The van der Waals surface area contributed by atoms with E-state index in [1.165, 1.54) is 5.56 Å². The topological polar surface area (TPSA) is 42.2 Å². The van der Waals surface area contributed by atoms with Gasteiger partial charge in [0.1, 0.15) is 24.7 Å². The van der Waals surface area contributed by atoms with E-state index in [9.17, 15) is 5.26 Å². The summed E-state index contributed by atoms with van der Waals surface area (Å²) in [4.78, 5) is 0. The molecule has 0 bridgehead atoms. The van der Waals surface area contributed by atoms with Gasteiger partial charge < -0.3 is 9.47 Å². The Labute approximate surface area is 160 Å². The van der Waals surface area contributed by atoms with Gasteiger partial charge in [0.25, 0.3) is 0 Å². The Balaban J connectivity index is 1.59. The lowest BCUT2D eigenvalue weighted by atomic mass is 10.0. The highest BCUT2D eigenvalue weighted by molar-refractivity contribution is 5.89. The largest absolute Gasteiger partial charge is 0.490 e. The standard InChI is InChI=1S/C24H21NO2/c1-19-10-12-23(13-11-19)26-14-15-27-24-9-5-6-20(17-24)16-22(18-25)21-7-3-2-4-8-21/h2-13,16-17H,14-15H2,1H3/b22-16-. The van der Waals surface area contributed by atoms with Crippen LogP contribution in [0.5, 0.6) is 11.5 Å². The quantitative estimate of drug-likeness (QED) is 0.318. The zero-order valence-corrected chi connectivity index (χ0v) is 15.3. The lowest BCUT2D eigenvalue weighted by molar-refractivity contribution is 0.217. The van der Waals surface area contributed by atoms with Crippen molar-refractivity contribution in [2.45, 2.75) is 6.92 Å². The van der Waals surface area contributed by atoms with Crippen molar-refractivity contribution in [3.63, 3.8) is 0 Å². The first-order valence-corrected chi connectivity index (χ1v) is 8.84. The molecule has 0 radical (unpaired) electrons. The molecule has 0 atom stereocenters. The van der Waals surface area contributed by atoms with Crippen LogP contribution in [0.1, 0.15) is 16.7 Å². The van der Waals surface area contributed by atoms with E-state index in [-0.39, 0.29) is 0 Å². The predicted molar refractivity (Wildman–Crippen MR) is 109 cm³/mol. The highest BCUT2D eigenvalue weighted by Gasteiger charge is 2.02. The molecule has 0 N–H and O–H groups in total. The second kappa shape index (κ2) is 9.26. The molecule has 3 aromatic rings. The molecule has 3 aromatic carbocycles. The second-order valence-electron chi connectivity index (χ2n) is 6.12. The van der Waals surface area contributed by atoms with E-state index < -0.39 is 0 Å². The Kier molecular flexibility index (Phi) is 6.27. The number of rotatable bonds is 7. The predicted octanol–water partition coefficient (Wildman–Crippen LogP) is 5.52. The lowest BCUT2D eigenvalue weighted by Gasteiger charge is -2.09. The molecule has 0 saturated carbocycles. The van der Waals surface area contributed by atoms with Gasteiger partial charge in [-0.15, -0.1) is 0 Å². The van der Waals surface area contributed by atoms with Gasteiger partial charge in [0.2, 0.25) is 0 Å². The summed E-state index contributed by atoms with van der Waals surface area (Å²) < 4.78 is 11.4. The van der Waals surface area contributed by atoms with E-state index in [1.54, 1.807) is 0 Å². The minimum Gasteiger partial charge on any atom is -0.490 e. The monoisotopic (exact) mass is 355 g/mol. The van der Waals surface area contributed by atoms with Crippen molar-refractivity contribution < 1.29 is 9.47 Å². The number of nitrogens with zero attached hydrogens (tertiary/aromatic N) is 1. The van der Waals surface area contributed by atoms with Gasteiger partial charge in [0.05, 0.1) is 11.6 Å². The van der Waals surface area contributed by atoms with Crippen LogP contribution in [0.3, 0.4) is 0 Å². The molecule has 3 nitrogen and oxygen atoms in total. The molecule has 0 aromatic heterocycles. The summed E-state index contributed by atoms with van der Waals surface area (Å²) in [6.07, 6.45) is 1.87. The van der Waals surface area contributed by atoms with Crippen LogP contribution in [-0.2, 0) is 0 Å². The molecule has 0 aliphatic heterocycles. The molecular weight excluding hydrogens is 334 g/mol. The van der Waals surface area contributed by atoms with Gasteiger partial charge in [-0.05, 0) is 48.4 Å². The molecule has 0 spiro atoms. The van der Waals surface area contributed by atoms with Crippen molar-refractivity contribution in [1.29, 1.82) is 5.26 Å². The van der Waals surface area contributed by atoms with Gasteiger partial charge in [-0.25, -0.2) is 0 Å². The minimum absolute atomic E-state index is 0.449. The molecule has 3 heteroatoms. The van der Waals surface area contributed by atoms with Crippen LogP contribution in [0.4, 0.5) is 0 Å². The van der Waals surface area contributed by atoms with Crippen LogP contribution in [0, 0.1) is 18.3 Å². The fourth-order valence-corrected chi connectivity index (χ4v) is 2.61. The molecule has 0 saturated heterocycles. The maximum atomic E-state index is 9.44. The van der Waals surface area contributed by atoms with Gasteiger partial charge in [0, 0.05) is 0 Å². The van der Waals surface area contributed by atoms with Crippen molar-refractivity contribution in [2.24, 2.45) is 0 Å². The molecule has 27 heavy (non-hydrogen) atoms. The zero-order valence-electron chi connectivity index (χ0n) is 15.3. The van der Waals surface area contributed by atoms with Gasteiger partial charge in [-0.3, -0.25) is 0 Å². The maximum absolute atomic E-state index is 9.44. The SMILES string of the molecule is Cc1ccc(OCCOc2cccc(/C=C(/C#N)c3ccccc3)c2)cc1. The third-order valence-electron chi connectivity index (χ3n) is 4.02. The number of aryl methyl sites for hydroxylation is 1. The highest BCUT2D eigenvalue weighted by Crippen LogP contribution is 2.20.